The summed E-state index contributed by atoms with van der Waals surface area (Å²) in [4.78, 5) is 22.9. The molecule has 9 heteroatoms. The van der Waals surface area contributed by atoms with Gasteiger partial charge in [-0.05, 0) is 12.8 Å². The van der Waals surface area contributed by atoms with Crippen LogP contribution in [-0.4, -0.2) is 48.9 Å². The lowest BCUT2D eigenvalue weighted by molar-refractivity contribution is -0.151. The lowest BCUT2D eigenvalue weighted by atomic mass is 10.2. The lowest BCUT2D eigenvalue weighted by Crippen LogP contribution is -2.19. The van der Waals surface area contributed by atoms with Crippen molar-refractivity contribution in [3.63, 3.8) is 0 Å². The van der Waals surface area contributed by atoms with Gasteiger partial charge in [-0.15, -0.1) is 0 Å². The number of hydrogen-bond donors (Lipinski definition) is 3. The summed E-state index contributed by atoms with van der Waals surface area (Å²) < 4.78 is 7.13. The minimum atomic E-state index is -0.948. The highest BCUT2D eigenvalue weighted by Crippen LogP contribution is 2.30. The normalized spacial score (nSPS) is 21.5. The first kappa shape index (κ1) is 14.2. The molecule has 3 heterocycles. The molecule has 1 fully saturated rings. The Morgan fingerprint density at radius 3 is 2.80 bits per heavy atom. The van der Waals surface area contributed by atoms with Gasteiger partial charge >= 0.3 is 5.97 Å². The van der Waals surface area contributed by atoms with Crippen molar-refractivity contribution < 1.29 is 19.7 Å². The van der Waals surface area contributed by atoms with E-state index in [2.05, 4.69) is 15.0 Å². The van der Waals surface area contributed by atoms with Crippen molar-refractivity contribution in [1.82, 2.24) is 19.5 Å². The van der Waals surface area contributed by atoms with E-state index in [0.29, 0.717) is 29.8 Å². The minimum Gasteiger partial charge on any atom is -0.479 e. The van der Waals surface area contributed by atoms with Crippen molar-refractivity contribution in [2.75, 3.05) is 12.8 Å². The summed E-state index contributed by atoms with van der Waals surface area (Å²) in [5, 5.41) is 15.9. The van der Waals surface area contributed by atoms with Gasteiger partial charge in [-0.25, -0.2) is 19.7 Å². The SMILES string of the molecule is CO.Nc1ncnc2c1ncn2C1CCC(C(=O)O)O1. The molecule has 1 aliphatic heterocycles. The number of carboxylic acids is 1. The molecule has 4 N–H and O–H groups in total. The quantitative estimate of drug-likeness (QED) is 0.687. The van der Waals surface area contributed by atoms with Gasteiger partial charge < -0.3 is 20.7 Å². The third-order valence-electron chi connectivity index (χ3n) is 2.97. The fourth-order valence-corrected chi connectivity index (χ4v) is 2.09. The molecule has 2 aromatic rings. The van der Waals surface area contributed by atoms with E-state index in [0.717, 1.165) is 7.11 Å². The zero-order valence-corrected chi connectivity index (χ0v) is 10.8. The average molecular weight is 281 g/mol. The largest absolute Gasteiger partial charge is 0.479 e. The summed E-state index contributed by atoms with van der Waals surface area (Å²) in [6, 6.07) is 0. The molecule has 108 valence electrons. The number of hydrogen-bond acceptors (Lipinski definition) is 7. The number of anilines is 1. The average Bonchev–Trinajstić information content (AvgIpc) is 3.07. The Bertz CT molecular complexity index is 614. The minimum absolute atomic E-state index is 0.298. The summed E-state index contributed by atoms with van der Waals surface area (Å²) >= 11 is 0. The molecule has 9 nitrogen and oxygen atoms in total. The number of imidazole rings is 1. The van der Waals surface area contributed by atoms with Crippen molar-refractivity contribution in [1.29, 1.82) is 0 Å². The van der Waals surface area contributed by atoms with Gasteiger partial charge in [-0.2, -0.15) is 0 Å². The molecule has 20 heavy (non-hydrogen) atoms. The molecule has 2 unspecified atom stereocenters. The monoisotopic (exact) mass is 281 g/mol. The number of ether oxygens (including phenoxy) is 1. The standard InChI is InChI=1S/C10H11N5O3.CH4O/c11-8-7-9(13-3-12-8)15(4-14-7)6-2-1-5(18-6)10(16)17;1-2/h3-6H,1-2H2,(H,16,17)(H2,11,12,13);2H,1H3. The van der Waals surface area contributed by atoms with E-state index in [1.165, 1.54) is 6.33 Å². The first-order valence-electron chi connectivity index (χ1n) is 5.93. The first-order chi connectivity index (χ1) is 9.66. The first-order valence-corrected chi connectivity index (χ1v) is 5.93. The van der Waals surface area contributed by atoms with Gasteiger partial charge in [-0.3, -0.25) is 4.57 Å². The molecule has 3 rings (SSSR count). The molecule has 1 aliphatic rings. The predicted octanol–water partition coefficient (Wildman–Crippen LogP) is -0.221. The van der Waals surface area contributed by atoms with Crippen LogP contribution >= 0.6 is 0 Å². The van der Waals surface area contributed by atoms with Crippen LogP contribution in [0, 0.1) is 0 Å². The van der Waals surface area contributed by atoms with Crippen LogP contribution < -0.4 is 5.73 Å². The van der Waals surface area contributed by atoms with Gasteiger partial charge in [0.05, 0.1) is 6.33 Å². The van der Waals surface area contributed by atoms with Crippen LogP contribution in [-0.2, 0) is 9.53 Å². The highest BCUT2D eigenvalue weighted by molar-refractivity contribution is 5.81. The van der Waals surface area contributed by atoms with Crippen molar-refractivity contribution in [2.24, 2.45) is 0 Å². The molecular formula is C11H15N5O4. The second-order valence-electron chi connectivity index (χ2n) is 4.08. The second-order valence-corrected chi connectivity index (χ2v) is 4.08. The van der Waals surface area contributed by atoms with E-state index in [9.17, 15) is 4.79 Å². The molecule has 0 aromatic carbocycles. The van der Waals surface area contributed by atoms with Gasteiger partial charge in [0.1, 0.15) is 18.1 Å². The van der Waals surface area contributed by atoms with Gasteiger partial charge in [0.15, 0.2) is 17.6 Å². The number of rotatable bonds is 2. The number of nitrogens with two attached hydrogens (primary N) is 1. The number of aliphatic hydroxyl groups excluding tert-OH is 1. The van der Waals surface area contributed by atoms with E-state index in [-0.39, 0.29) is 6.23 Å². The maximum Gasteiger partial charge on any atom is 0.332 e. The smallest absolute Gasteiger partial charge is 0.332 e. The molecule has 2 aromatic heterocycles. The van der Waals surface area contributed by atoms with Crippen LogP contribution in [0.2, 0.25) is 0 Å². The van der Waals surface area contributed by atoms with Crippen LogP contribution in [0.3, 0.4) is 0 Å². The highest BCUT2D eigenvalue weighted by Gasteiger charge is 2.32. The van der Waals surface area contributed by atoms with Gasteiger partial charge in [0.25, 0.3) is 0 Å². The molecule has 0 aliphatic carbocycles. The third kappa shape index (κ3) is 2.40. The van der Waals surface area contributed by atoms with Crippen LogP contribution in [0.4, 0.5) is 5.82 Å². The number of aromatic nitrogens is 4. The Balaban J connectivity index is 0.000000704. The van der Waals surface area contributed by atoms with Crippen LogP contribution in [0.1, 0.15) is 19.1 Å². The zero-order chi connectivity index (χ0) is 14.7. The molecule has 0 radical (unpaired) electrons. The maximum atomic E-state index is 10.8. The maximum absolute atomic E-state index is 10.8. The third-order valence-corrected chi connectivity index (χ3v) is 2.97. The molecule has 0 amide bonds. The molecule has 0 spiro atoms. The molecule has 0 saturated carbocycles. The van der Waals surface area contributed by atoms with Gasteiger partial charge in [-0.1, -0.05) is 0 Å². The summed E-state index contributed by atoms with van der Waals surface area (Å²) in [5.41, 5.74) is 6.74. The van der Waals surface area contributed by atoms with Crippen LogP contribution in [0.5, 0.6) is 0 Å². The number of nitrogen functional groups attached to an aromatic ring is 1. The lowest BCUT2D eigenvalue weighted by Gasteiger charge is -2.12. The van der Waals surface area contributed by atoms with Crippen molar-refractivity contribution >= 4 is 23.0 Å². The van der Waals surface area contributed by atoms with E-state index in [1.54, 1.807) is 10.9 Å². The number of carbonyl (C=O) groups is 1. The van der Waals surface area contributed by atoms with Crippen LogP contribution in [0.25, 0.3) is 11.2 Å². The van der Waals surface area contributed by atoms with Crippen molar-refractivity contribution in [3.05, 3.63) is 12.7 Å². The summed E-state index contributed by atoms with van der Waals surface area (Å²) in [6.07, 6.45) is 2.83. The summed E-state index contributed by atoms with van der Waals surface area (Å²) in [6.45, 7) is 0. The molecule has 1 saturated heterocycles. The van der Waals surface area contributed by atoms with E-state index >= 15 is 0 Å². The Morgan fingerprint density at radius 2 is 2.15 bits per heavy atom. The van der Waals surface area contributed by atoms with Crippen molar-refractivity contribution in [2.45, 2.75) is 25.2 Å². The van der Waals surface area contributed by atoms with Gasteiger partial charge in [0, 0.05) is 7.11 Å². The van der Waals surface area contributed by atoms with Gasteiger partial charge in [0.2, 0.25) is 0 Å². The summed E-state index contributed by atoms with van der Waals surface area (Å²) in [7, 11) is 1.00. The summed E-state index contributed by atoms with van der Waals surface area (Å²) in [5.74, 6) is -0.650. The van der Waals surface area contributed by atoms with Crippen molar-refractivity contribution in [3.8, 4) is 0 Å². The number of aliphatic carboxylic acids is 1. The van der Waals surface area contributed by atoms with Crippen LogP contribution in [0.15, 0.2) is 12.7 Å². The number of aliphatic hydroxyl groups is 1. The number of nitrogens with zero attached hydrogens (tertiary/aromatic N) is 4. The van der Waals surface area contributed by atoms with E-state index in [1.807, 2.05) is 0 Å². The fourth-order valence-electron chi connectivity index (χ4n) is 2.09. The van der Waals surface area contributed by atoms with E-state index < -0.39 is 12.1 Å². The second kappa shape index (κ2) is 5.80. The fraction of sp³-hybridized carbons (Fsp3) is 0.455. The zero-order valence-electron chi connectivity index (χ0n) is 10.8. The molecule has 0 bridgehead atoms. The molecule has 2 atom stereocenters. The highest BCUT2D eigenvalue weighted by atomic mass is 16.5. The Kier molecular flexibility index (Phi) is 4.11. The molecular weight excluding hydrogens is 266 g/mol. The predicted molar refractivity (Wildman–Crippen MR) is 68.7 cm³/mol. The number of fused-ring (bicyclic) bond motifs is 1. The Morgan fingerprint density at radius 1 is 1.40 bits per heavy atom. The van der Waals surface area contributed by atoms with E-state index in [4.69, 9.17) is 20.7 Å². The Labute approximate surface area is 114 Å². The topological polar surface area (TPSA) is 136 Å². The Hall–Kier alpha value is -2.26. The number of carboxylic acid groups (broad SMARTS) is 1.